The van der Waals surface area contributed by atoms with Crippen molar-refractivity contribution in [1.29, 1.82) is 5.26 Å². The molecule has 0 aromatic heterocycles. The summed E-state index contributed by atoms with van der Waals surface area (Å²) < 4.78 is 10.7. The molecule has 4 heteroatoms. The van der Waals surface area contributed by atoms with Crippen molar-refractivity contribution in [2.75, 3.05) is 7.11 Å². The van der Waals surface area contributed by atoms with Gasteiger partial charge in [-0.3, -0.25) is 0 Å². The molecular weight excluding hydrogens is 362 g/mol. The monoisotopic (exact) mass is 391 g/mol. The molecule has 29 heavy (non-hydrogen) atoms. The molecule has 0 spiro atoms. The highest BCUT2D eigenvalue weighted by Gasteiger charge is 2.25. The number of carbonyl (C=O) groups excluding carboxylic acids is 1. The third kappa shape index (κ3) is 6.22. The zero-order valence-corrected chi connectivity index (χ0v) is 17.5. The van der Waals surface area contributed by atoms with Crippen molar-refractivity contribution in [3.63, 3.8) is 0 Å². The molecule has 0 heterocycles. The smallest absolute Gasteiger partial charge is 0.354 e. The van der Waals surface area contributed by atoms with Crippen molar-refractivity contribution in [2.24, 2.45) is 5.92 Å². The summed E-state index contributed by atoms with van der Waals surface area (Å²) in [6.07, 6.45) is 5.08. The van der Waals surface area contributed by atoms with Gasteiger partial charge < -0.3 is 9.47 Å². The number of hydrogen-bond donors (Lipinski definition) is 0. The molecule has 0 aliphatic carbocycles. The summed E-state index contributed by atoms with van der Waals surface area (Å²) in [4.78, 5) is 12.9. The summed E-state index contributed by atoms with van der Waals surface area (Å²) in [5.41, 5.74) is 1.69. The van der Waals surface area contributed by atoms with Crippen molar-refractivity contribution in [3.8, 4) is 17.6 Å². The van der Waals surface area contributed by atoms with Crippen molar-refractivity contribution < 1.29 is 14.3 Å². The Morgan fingerprint density at radius 1 is 1.00 bits per heavy atom. The molecule has 4 nitrogen and oxygen atoms in total. The van der Waals surface area contributed by atoms with Gasteiger partial charge in [0.05, 0.1) is 7.11 Å². The fourth-order valence-electron chi connectivity index (χ4n) is 3.41. The Morgan fingerprint density at radius 3 is 2.24 bits per heavy atom. The van der Waals surface area contributed by atoms with Crippen molar-refractivity contribution in [3.05, 3.63) is 65.7 Å². The Morgan fingerprint density at radius 2 is 1.69 bits per heavy atom. The average Bonchev–Trinajstić information content (AvgIpc) is 2.76. The van der Waals surface area contributed by atoms with Gasteiger partial charge in [-0.1, -0.05) is 63.4 Å². The van der Waals surface area contributed by atoms with Crippen molar-refractivity contribution in [1.82, 2.24) is 0 Å². The molecule has 0 saturated heterocycles. The second-order valence-electron chi connectivity index (χ2n) is 6.93. The van der Waals surface area contributed by atoms with Crippen LogP contribution >= 0.6 is 0 Å². The fraction of sp³-hybridized carbons (Fsp3) is 0.360. The zero-order chi connectivity index (χ0) is 21.1. The van der Waals surface area contributed by atoms with E-state index in [-0.39, 0.29) is 11.5 Å². The molecule has 1 unspecified atom stereocenters. The average molecular weight is 392 g/mol. The van der Waals surface area contributed by atoms with Crippen LogP contribution < -0.4 is 9.47 Å². The van der Waals surface area contributed by atoms with Crippen LogP contribution in [0.15, 0.2) is 60.2 Å². The first-order valence-electron chi connectivity index (χ1n) is 10.2. The van der Waals surface area contributed by atoms with E-state index in [2.05, 4.69) is 19.9 Å². The molecule has 0 aliphatic rings. The van der Waals surface area contributed by atoms with Crippen LogP contribution in [0.5, 0.6) is 11.5 Å². The lowest BCUT2D eigenvalue weighted by Gasteiger charge is -2.21. The van der Waals surface area contributed by atoms with E-state index < -0.39 is 5.97 Å². The van der Waals surface area contributed by atoms with Crippen LogP contribution in [0.25, 0.3) is 5.57 Å². The van der Waals surface area contributed by atoms with Crippen LogP contribution in [-0.2, 0) is 4.79 Å². The van der Waals surface area contributed by atoms with Gasteiger partial charge >= 0.3 is 5.97 Å². The number of unbranched alkanes of at least 4 members (excludes halogenated alkanes) is 2. The molecule has 0 saturated carbocycles. The maximum atomic E-state index is 12.9. The number of allylic oxidation sites excluding steroid dienone is 1. The predicted molar refractivity (Wildman–Crippen MR) is 116 cm³/mol. The standard InChI is InChI=1S/C25H29NO3/c1-4-6-8-11-19(5-2)24(20-14-16-21(28-3)17-15-20)23(18-26)25(27)29-22-12-9-7-10-13-22/h7,9-10,12-17,19H,4-6,8,11H2,1-3H3. The molecule has 1 atom stereocenters. The van der Waals surface area contributed by atoms with Crippen LogP contribution in [-0.4, -0.2) is 13.1 Å². The zero-order valence-electron chi connectivity index (χ0n) is 17.5. The normalized spacial score (nSPS) is 12.5. The minimum atomic E-state index is -0.613. The quantitative estimate of drug-likeness (QED) is 0.159. The van der Waals surface area contributed by atoms with Gasteiger partial charge in [0, 0.05) is 0 Å². The van der Waals surface area contributed by atoms with Crippen molar-refractivity contribution >= 4 is 11.5 Å². The fourth-order valence-corrected chi connectivity index (χ4v) is 3.41. The number of nitriles is 1. The third-order valence-electron chi connectivity index (χ3n) is 5.00. The lowest BCUT2D eigenvalue weighted by molar-refractivity contribution is -0.129. The van der Waals surface area contributed by atoms with E-state index in [0.29, 0.717) is 5.75 Å². The molecule has 0 N–H and O–H groups in total. The Bertz CT molecular complexity index is 848. The number of hydrogen-bond acceptors (Lipinski definition) is 4. The maximum absolute atomic E-state index is 12.9. The van der Waals surface area contributed by atoms with Crippen LogP contribution in [0.1, 0.15) is 51.5 Å². The summed E-state index contributed by atoms with van der Waals surface area (Å²) in [6, 6.07) is 18.5. The van der Waals surface area contributed by atoms with E-state index in [4.69, 9.17) is 9.47 Å². The number of ether oxygens (including phenoxy) is 2. The Balaban J connectivity index is 2.47. The predicted octanol–water partition coefficient (Wildman–Crippen LogP) is 6.18. The second kappa shape index (κ2) is 11.7. The van der Waals surface area contributed by atoms with Gasteiger partial charge in [-0.15, -0.1) is 0 Å². The van der Waals surface area contributed by atoms with E-state index in [1.807, 2.05) is 30.3 Å². The first kappa shape index (κ1) is 22.2. The van der Waals surface area contributed by atoms with E-state index in [1.165, 1.54) is 0 Å². The minimum Gasteiger partial charge on any atom is -0.497 e. The van der Waals surface area contributed by atoms with Gasteiger partial charge in [-0.25, -0.2) is 4.79 Å². The highest BCUT2D eigenvalue weighted by molar-refractivity contribution is 6.03. The minimum absolute atomic E-state index is 0.0716. The van der Waals surface area contributed by atoms with Gasteiger partial charge in [0.2, 0.25) is 0 Å². The molecule has 2 aromatic rings. The summed E-state index contributed by atoms with van der Waals surface area (Å²) in [6.45, 7) is 4.26. The van der Waals surface area contributed by atoms with Crippen LogP contribution in [0, 0.1) is 17.2 Å². The van der Waals surface area contributed by atoms with E-state index in [1.54, 1.807) is 31.4 Å². The molecule has 0 radical (unpaired) electrons. The maximum Gasteiger partial charge on any atom is 0.354 e. The number of carbonyl (C=O) groups is 1. The number of para-hydroxylation sites is 1. The summed E-state index contributed by atoms with van der Waals surface area (Å²) in [5.74, 6) is 0.655. The summed E-state index contributed by atoms with van der Waals surface area (Å²) in [5, 5.41) is 9.89. The molecule has 0 bridgehead atoms. The number of rotatable bonds is 10. The molecule has 2 rings (SSSR count). The lowest BCUT2D eigenvalue weighted by atomic mass is 9.83. The lowest BCUT2D eigenvalue weighted by Crippen LogP contribution is -2.16. The van der Waals surface area contributed by atoms with Crippen LogP contribution in [0.4, 0.5) is 0 Å². The molecule has 2 aromatic carbocycles. The van der Waals surface area contributed by atoms with Gasteiger partial charge in [-0.05, 0) is 54.2 Å². The molecule has 152 valence electrons. The first-order chi connectivity index (χ1) is 14.1. The first-order valence-corrected chi connectivity index (χ1v) is 10.2. The Labute approximate surface area is 173 Å². The largest absolute Gasteiger partial charge is 0.497 e. The van der Waals surface area contributed by atoms with Gasteiger partial charge in [0.1, 0.15) is 23.1 Å². The van der Waals surface area contributed by atoms with Crippen LogP contribution in [0.3, 0.4) is 0 Å². The van der Waals surface area contributed by atoms with E-state index in [0.717, 1.165) is 49.0 Å². The van der Waals surface area contributed by atoms with Gasteiger partial charge in [0.25, 0.3) is 0 Å². The highest BCUT2D eigenvalue weighted by Crippen LogP contribution is 2.34. The Hall–Kier alpha value is -3.06. The summed E-state index contributed by atoms with van der Waals surface area (Å²) >= 11 is 0. The molecular formula is C25H29NO3. The van der Waals surface area contributed by atoms with Gasteiger partial charge in [-0.2, -0.15) is 5.26 Å². The second-order valence-corrected chi connectivity index (χ2v) is 6.93. The topological polar surface area (TPSA) is 59.3 Å². The Kier molecular flexibility index (Phi) is 8.98. The van der Waals surface area contributed by atoms with E-state index in [9.17, 15) is 10.1 Å². The van der Waals surface area contributed by atoms with Crippen LogP contribution in [0.2, 0.25) is 0 Å². The SMILES string of the molecule is CCCCCC(CC)C(=C(C#N)C(=O)Oc1ccccc1)c1ccc(OC)cc1. The highest BCUT2D eigenvalue weighted by atomic mass is 16.5. The number of nitrogens with zero attached hydrogens (tertiary/aromatic N) is 1. The van der Waals surface area contributed by atoms with E-state index >= 15 is 0 Å². The summed E-state index contributed by atoms with van der Waals surface area (Å²) in [7, 11) is 1.61. The number of esters is 1. The number of benzene rings is 2. The van der Waals surface area contributed by atoms with Crippen molar-refractivity contribution in [2.45, 2.75) is 46.0 Å². The van der Waals surface area contributed by atoms with Gasteiger partial charge in [0.15, 0.2) is 0 Å². The molecule has 0 fully saturated rings. The molecule has 0 amide bonds. The third-order valence-corrected chi connectivity index (χ3v) is 5.00. The molecule has 0 aliphatic heterocycles. The number of methoxy groups -OCH3 is 1.